The molecule has 7 heteroatoms. The first-order chi connectivity index (χ1) is 12.7. The fourth-order valence-corrected chi connectivity index (χ4v) is 2.86. The maximum Gasteiger partial charge on any atom is 0.255 e. The summed E-state index contributed by atoms with van der Waals surface area (Å²) in [4.78, 5) is 12.5. The largest absolute Gasteiger partial charge is 0.490 e. The van der Waals surface area contributed by atoms with Crippen molar-refractivity contribution in [2.45, 2.75) is 6.42 Å². The average molecular weight is 370 g/mol. The van der Waals surface area contributed by atoms with Crippen LogP contribution in [0.3, 0.4) is 0 Å². The molecule has 3 aromatic rings. The third-order valence-corrected chi connectivity index (χ3v) is 4.30. The molecule has 0 bridgehead atoms. The van der Waals surface area contributed by atoms with Crippen LogP contribution in [0.25, 0.3) is 5.69 Å². The summed E-state index contributed by atoms with van der Waals surface area (Å²) in [6.45, 7) is 1.15. The first-order valence-electron chi connectivity index (χ1n) is 8.21. The van der Waals surface area contributed by atoms with Gasteiger partial charge >= 0.3 is 0 Å². The number of hydrogen-bond donors (Lipinski definition) is 1. The number of rotatable bonds is 3. The Balaban J connectivity index is 1.53. The quantitative estimate of drug-likeness (QED) is 0.759. The van der Waals surface area contributed by atoms with E-state index in [9.17, 15) is 4.79 Å². The molecule has 0 atom stereocenters. The van der Waals surface area contributed by atoms with Crippen LogP contribution in [0.4, 0.5) is 5.69 Å². The van der Waals surface area contributed by atoms with Gasteiger partial charge in [-0.1, -0.05) is 11.6 Å². The van der Waals surface area contributed by atoms with Gasteiger partial charge in [0.2, 0.25) is 0 Å². The van der Waals surface area contributed by atoms with Crippen molar-refractivity contribution in [2.75, 3.05) is 18.5 Å². The monoisotopic (exact) mass is 369 g/mol. The highest BCUT2D eigenvalue weighted by Gasteiger charge is 2.16. The maximum atomic E-state index is 12.5. The van der Waals surface area contributed by atoms with Gasteiger partial charge in [0.1, 0.15) is 0 Å². The Labute approximate surface area is 155 Å². The number of anilines is 1. The molecule has 0 radical (unpaired) electrons. The molecule has 4 rings (SSSR count). The number of nitrogens with one attached hydrogen (secondary N) is 1. The molecular weight excluding hydrogens is 354 g/mol. The van der Waals surface area contributed by atoms with E-state index >= 15 is 0 Å². The zero-order chi connectivity index (χ0) is 17.9. The minimum Gasteiger partial charge on any atom is -0.490 e. The van der Waals surface area contributed by atoms with Crippen molar-refractivity contribution in [3.63, 3.8) is 0 Å². The van der Waals surface area contributed by atoms with Crippen LogP contribution in [0.2, 0.25) is 5.02 Å². The van der Waals surface area contributed by atoms with Gasteiger partial charge in [-0.05, 0) is 30.3 Å². The third kappa shape index (κ3) is 3.36. The van der Waals surface area contributed by atoms with E-state index in [4.69, 9.17) is 21.1 Å². The standard InChI is InChI=1S/C19H16ClN3O3/c20-15-11-17-18(26-10-2-9-25-17)12-16(15)22-19(24)13-3-5-14(6-4-13)23-8-1-7-21-23/h1,3-8,11-12H,2,9-10H2,(H,22,24). The molecule has 0 saturated heterocycles. The highest BCUT2D eigenvalue weighted by atomic mass is 35.5. The molecule has 0 saturated carbocycles. The van der Waals surface area contributed by atoms with Crippen molar-refractivity contribution >= 4 is 23.2 Å². The highest BCUT2D eigenvalue weighted by molar-refractivity contribution is 6.34. The molecule has 0 fully saturated rings. The lowest BCUT2D eigenvalue weighted by atomic mass is 10.2. The van der Waals surface area contributed by atoms with Crippen LogP contribution < -0.4 is 14.8 Å². The van der Waals surface area contributed by atoms with Crippen LogP contribution in [0.1, 0.15) is 16.8 Å². The molecule has 2 aromatic carbocycles. The Hall–Kier alpha value is -2.99. The van der Waals surface area contributed by atoms with Crippen molar-refractivity contribution in [2.24, 2.45) is 0 Å². The normalized spacial score (nSPS) is 13.1. The maximum absolute atomic E-state index is 12.5. The van der Waals surface area contributed by atoms with Crippen LogP contribution in [0.5, 0.6) is 11.5 Å². The smallest absolute Gasteiger partial charge is 0.255 e. The van der Waals surface area contributed by atoms with Gasteiger partial charge in [0.05, 0.1) is 29.6 Å². The van der Waals surface area contributed by atoms with Crippen LogP contribution >= 0.6 is 11.6 Å². The zero-order valence-electron chi connectivity index (χ0n) is 13.8. The second-order valence-electron chi connectivity index (χ2n) is 5.78. The lowest BCUT2D eigenvalue weighted by molar-refractivity contribution is 0.102. The summed E-state index contributed by atoms with van der Waals surface area (Å²) >= 11 is 6.28. The number of carbonyl (C=O) groups is 1. The number of aromatic nitrogens is 2. The van der Waals surface area contributed by atoms with E-state index in [-0.39, 0.29) is 5.91 Å². The second kappa shape index (κ2) is 7.09. The van der Waals surface area contributed by atoms with Crippen LogP contribution in [-0.2, 0) is 0 Å². The molecule has 1 amide bonds. The van der Waals surface area contributed by atoms with Gasteiger partial charge < -0.3 is 14.8 Å². The van der Waals surface area contributed by atoms with Crippen LogP contribution in [0, 0.1) is 0 Å². The van der Waals surface area contributed by atoms with Crippen molar-refractivity contribution in [3.05, 3.63) is 65.4 Å². The minimum absolute atomic E-state index is 0.256. The Bertz CT molecular complexity index is 924. The van der Waals surface area contributed by atoms with Gasteiger partial charge in [-0.3, -0.25) is 4.79 Å². The first-order valence-corrected chi connectivity index (χ1v) is 8.59. The first kappa shape index (κ1) is 16.5. The van der Waals surface area contributed by atoms with Gasteiger partial charge in [0.15, 0.2) is 11.5 Å². The molecule has 1 aromatic heterocycles. The SMILES string of the molecule is O=C(Nc1cc2c(cc1Cl)OCCCO2)c1ccc(-n2cccn2)cc1. The van der Waals surface area contributed by atoms with Gasteiger partial charge in [-0.15, -0.1) is 0 Å². The summed E-state index contributed by atoms with van der Waals surface area (Å²) < 4.78 is 13.0. The minimum atomic E-state index is -0.256. The number of ether oxygens (including phenoxy) is 2. The number of amides is 1. The lowest BCUT2D eigenvalue weighted by Gasteiger charge is -2.12. The fraction of sp³-hybridized carbons (Fsp3) is 0.158. The summed E-state index contributed by atoms with van der Waals surface area (Å²) in [5, 5.41) is 7.38. The van der Waals surface area contributed by atoms with Crippen LogP contribution in [-0.4, -0.2) is 28.9 Å². The molecule has 1 N–H and O–H groups in total. The Morgan fingerprint density at radius 3 is 2.54 bits per heavy atom. The summed E-state index contributed by atoms with van der Waals surface area (Å²) in [5.74, 6) is 0.915. The van der Waals surface area contributed by atoms with Crippen molar-refractivity contribution in [1.29, 1.82) is 0 Å². The molecule has 0 aliphatic carbocycles. The van der Waals surface area contributed by atoms with E-state index in [1.54, 1.807) is 35.1 Å². The van der Waals surface area contributed by atoms with Gasteiger partial charge in [0.25, 0.3) is 5.91 Å². The number of carbonyl (C=O) groups excluding carboxylic acids is 1. The fourth-order valence-electron chi connectivity index (χ4n) is 2.66. The molecule has 26 heavy (non-hydrogen) atoms. The molecule has 0 unspecified atom stereocenters. The van der Waals surface area contributed by atoms with Crippen molar-refractivity contribution in [1.82, 2.24) is 9.78 Å². The molecular formula is C19H16ClN3O3. The summed E-state index contributed by atoms with van der Waals surface area (Å²) in [5.41, 5.74) is 1.88. The average Bonchev–Trinajstić information content (AvgIpc) is 3.10. The number of hydrogen-bond acceptors (Lipinski definition) is 4. The number of fused-ring (bicyclic) bond motifs is 1. The van der Waals surface area contributed by atoms with Crippen molar-refractivity contribution in [3.8, 4) is 17.2 Å². The second-order valence-corrected chi connectivity index (χ2v) is 6.19. The summed E-state index contributed by atoms with van der Waals surface area (Å²) in [6.07, 6.45) is 4.34. The van der Waals surface area contributed by atoms with Crippen molar-refractivity contribution < 1.29 is 14.3 Å². The summed E-state index contributed by atoms with van der Waals surface area (Å²) in [6, 6.07) is 12.3. The molecule has 1 aliphatic rings. The predicted octanol–water partition coefficient (Wildman–Crippen LogP) is 3.94. The zero-order valence-corrected chi connectivity index (χ0v) is 14.6. The number of halogens is 1. The summed E-state index contributed by atoms with van der Waals surface area (Å²) in [7, 11) is 0. The Kier molecular flexibility index (Phi) is 4.50. The van der Waals surface area contributed by atoms with Gasteiger partial charge in [-0.25, -0.2) is 4.68 Å². The lowest BCUT2D eigenvalue weighted by Crippen LogP contribution is -2.12. The molecule has 132 valence electrons. The van der Waals surface area contributed by atoms with E-state index in [1.165, 1.54) is 0 Å². The predicted molar refractivity (Wildman–Crippen MR) is 98.6 cm³/mol. The number of nitrogens with zero attached hydrogens (tertiary/aromatic N) is 2. The van der Waals surface area contributed by atoms with E-state index in [2.05, 4.69) is 10.4 Å². The molecule has 0 spiro atoms. The van der Waals surface area contributed by atoms with Crippen LogP contribution in [0.15, 0.2) is 54.9 Å². The highest BCUT2D eigenvalue weighted by Crippen LogP contribution is 2.37. The van der Waals surface area contributed by atoms with E-state index < -0.39 is 0 Å². The van der Waals surface area contributed by atoms with Gasteiger partial charge in [0, 0.05) is 36.5 Å². The molecule has 1 aliphatic heterocycles. The Morgan fingerprint density at radius 2 is 1.85 bits per heavy atom. The molecule has 2 heterocycles. The Morgan fingerprint density at radius 1 is 1.12 bits per heavy atom. The van der Waals surface area contributed by atoms with E-state index in [0.29, 0.717) is 41.0 Å². The van der Waals surface area contributed by atoms with E-state index in [1.807, 2.05) is 24.4 Å². The van der Waals surface area contributed by atoms with Gasteiger partial charge in [-0.2, -0.15) is 5.10 Å². The number of benzene rings is 2. The molecule has 6 nitrogen and oxygen atoms in total. The topological polar surface area (TPSA) is 65.4 Å². The van der Waals surface area contributed by atoms with E-state index in [0.717, 1.165) is 12.1 Å². The third-order valence-electron chi connectivity index (χ3n) is 3.98.